The molecule has 1 amide bonds. The zero-order valence-corrected chi connectivity index (χ0v) is 15.0. The van der Waals surface area contributed by atoms with E-state index in [1.165, 1.54) is 13.2 Å². The van der Waals surface area contributed by atoms with Crippen molar-refractivity contribution in [2.24, 2.45) is 0 Å². The average molecular weight is 377 g/mol. The molecule has 1 N–H and O–H groups in total. The first-order valence-corrected chi connectivity index (χ1v) is 9.91. The number of nitrogens with one attached hydrogen (secondary N) is 1. The summed E-state index contributed by atoms with van der Waals surface area (Å²) in [6, 6.07) is 9.71. The molecule has 1 aromatic heterocycles. The molecule has 26 heavy (non-hydrogen) atoms. The number of hydrogen-bond donors (Lipinski definition) is 1. The van der Waals surface area contributed by atoms with Gasteiger partial charge >= 0.3 is 0 Å². The molecule has 1 fully saturated rings. The smallest absolute Gasteiger partial charge is 0.267 e. The van der Waals surface area contributed by atoms with E-state index in [-0.39, 0.29) is 18.1 Å². The number of amides is 1. The summed E-state index contributed by atoms with van der Waals surface area (Å²) in [6.07, 6.45) is 0.387. The van der Waals surface area contributed by atoms with Gasteiger partial charge < -0.3 is 10.1 Å². The first-order chi connectivity index (χ1) is 12.4. The van der Waals surface area contributed by atoms with E-state index in [1.54, 1.807) is 18.2 Å². The summed E-state index contributed by atoms with van der Waals surface area (Å²) in [5.41, 5.74) is 0.780. The lowest BCUT2D eigenvalue weighted by Gasteiger charge is -2.12. The maximum absolute atomic E-state index is 12.2. The normalized spacial score (nSPS) is 18.4. The highest BCUT2D eigenvalue weighted by molar-refractivity contribution is 7.91. The van der Waals surface area contributed by atoms with E-state index >= 15 is 0 Å². The van der Waals surface area contributed by atoms with Gasteiger partial charge in [-0.1, -0.05) is 12.1 Å². The van der Waals surface area contributed by atoms with Crippen LogP contribution in [0.15, 0.2) is 41.2 Å². The van der Waals surface area contributed by atoms with Crippen molar-refractivity contribution in [3.8, 4) is 17.0 Å². The number of benzene rings is 1. The van der Waals surface area contributed by atoms with E-state index in [2.05, 4.69) is 10.4 Å². The summed E-state index contributed by atoms with van der Waals surface area (Å²) in [6.45, 7) is -0.279. The van der Waals surface area contributed by atoms with Crippen LogP contribution in [0.5, 0.6) is 5.75 Å². The minimum absolute atomic E-state index is 0.0671. The monoisotopic (exact) mass is 377 g/mol. The molecule has 0 aliphatic carbocycles. The van der Waals surface area contributed by atoms with Crippen LogP contribution in [0.3, 0.4) is 0 Å². The Hall–Kier alpha value is -2.68. The van der Waals surface area contributed by atoms with Gasteiger partial charge in [-0.05, 0) is 24.6 Å². The van der Waals surface area contributed by atoms with Gasteiger partial charge in [0, 0.05) is 17.7 Å². The molecule has 8 nitrogen and oxygen atoms in total. The van der Waals surface area contributed by atoms with Gasteiger partial charge in [-0.25, -0.2) is 13.1 Å². The number of carbonyl (C=O) groups is 1. The van der Waals surface area contributed by atoms with E-state index in [0.29, 0.717) is 23.4 Å². The van der Waals surface area contributed by atoms with Crippen molar-refractivity contribution in [3.63, 3.8) is 0 Å². The number of nitrogens with zero attached hydrogens (tertiary/aromatic N) is 2. The quantitative estimate of drug-likeness (QED) is 0.799. The van der Waals surface area contributed by atoms with Crippen LogP contribution in [0.2, 0.25) is 0 Å². The second-order valence-corrected chi connectivity index (χ2v) is 8.31. The van der Waals surface area contributed by atoms with Gasteiger partial charge in [-0.15, -0.1) is 0 Å². The fraction of sp³-hybridized carbons (Fsp3) is 0.353. The van der Waals surface area contributed by atoms with Crippen LogP contribution in [0.4, 0.5) is 0 Å². The number of methoxy groups -OCH3 is 1. The second kappa shape index (κ2) is 7.28. The van der Waals surface area contributed by atoms with Crippen LogP contribution in [0.25, 0.3) is 11.3 Å². The molecular weight excluding hydrogens is 358 g/mol. The fourth-order valence-corrected chi connectivity index (χ4v) is 4.55. The molecule has 0 unspecified atom stereocenters. The Morgan fingerprint density at radius 1 is 1.31 bits per heavy atom. The summed E-state index contributed by atoms with van der Waals surface area (Å²) in [5, 5.41) is 6.89. The number of carbonyl (C=O) groups excluding carboxylic acids is 1. The number of para-hydroxylation sites is 1. The summed E-state index contributed by atoms with van der Waals surface area (Å²) >= 11 is 0. The summed E-state index contributed by atoms with van der Waals surface area (Å²) < 4.78 is 29.3. The van der Waals surface area contributed by atoms with Gasteiger partial charge in [-0.3, -0.25) is 9.59 Å². The lowest BCUT2D eigenvalue weighted by atomic mass is 10.1. The molecule has 1 aromatic carbocycles. The Morgan fingerprint density at radius 2 is 2.08 bits per heavy atom. The van der Waals surface area contributed by atoms with Crippen molar-refractivity contribution in [1.29, 1.82) is 0 Å². The number of hydrogen-bond acceptors (Lipinski definition) is 6. The van der Waals surface area contributed by atoms with Crippen LogP contribution in [0.1, 0.15) is 6.42 Å². The summed E-state index contributed by atoms with van der Waals surface area (Å²) in [4.78, 5) is 24.2. The topological polar surface area (TPSA) is 107 Å². The maximum atomic E-state index is 12.2. The van der Waals surface area contributed by atoms with Crippen molar-refractivity contribution >= 4 is 15.7 Å². The highest BCUT2D eigenvalue weighted by Gasteiger charge is 2.29. The highest BCUT2D eigenvalue weighted by atomic mass is 32.2. The van der Waals surface area contributed by atoms with Crippen LogP contribution in [-0.2, 0) is 21.2 Å². The molecule has 3 rings (SSSR count). The minimum atomic E-state index is -3.09. The van der Waals surface area contributed by atoms with Gasteiger partial charge in [0.1, 0.15) is 12.3 Å². The number of ether oxygens (including phenoxy) is 1. The van der Waals surface area contributed by atoms with Gasteiger partial charge in [0.15, 0.2) is 9.84 Å². The molecule has 0 spiro atoms. The van der Waals surface area contributed by atoms with Crippen molar-refractivity contribution in [3.05, 3.63) is 46.8 Å². The Balaban J connectivity index is 1.78. The number of rotatable bonds is 5. The molecule has 2 heterocycles. The van der Waals surface area contributed by atoms with E-state index < -0.39 is 27.3 Å². The van der Waals surface area contributed by atoms with Gasteiger partial charge in [0.2, 0.25) is 5.91 Å². The van der Waals surface area contributed by atoms with E-state index in [0.717, 1.165) is 4.68 Å². The highest BCUT2D eigenvalue weighted by Crippen LogP contribution is 2.27. The van der Waals surface area contributed by atoms with Gasteiger partial charge in [-0.2, -0.15) is 5.10 Å². The van der Waals surface area contributed by atoms with Gasteiger partial charge in [0.05, 0.1) is 24.3 Å². The van der Waals surface area contributed by atoms with Crippen molar-refractivity contribution < 1.29 is 17.9 Å². The van der Waals surface area contributed by atoms with Crippen LogP contribution in [-0.4, -0.2) is 48.8 Å². The lowest BCUT2D eigenvalue weighted by molar-refractivity contribution is -0.122. The maximum Gasteiger partial charge on any atom is 0.267 e. The Labute approximate surface area is 150 Å². The minimum Gasteiger partial charge on any atom is -0.496 e. The molecule has 0 saturated carbocycles. The molecule has 2 aromatic rings. The number of sulfone groups is 1. The number of aromatic nitrogens is 2. The molecule has 138 valence electrons. The van der Waals surface area contributed by atoms with Crippen LogP contribution >= 0.6 is 0 Å². The standard InChI is InChI=1S/C17H19N3O5S/c1-25-15-5-3-2-4-13(15)14-6-7-17(22)20(19-14)10-16(21)18-12-8-9-26(23,24)11-12/h2-7,12H,8-11H2,1H3,(H,18,21)/t12-/m1/s1. The first-order valence-electron chi connectivity index (χ1n) is 8.09. The third kappa shape index (κ3) is 4.10. The molecule has 9 heteroatoms. The lowest BCUT2D eigenvalue weighted by Crippen LogP contribution is -2.40. The van der Waals surface area contributed by atoms with Crippen molar-refractivity contribution in [1.82, 2.24) is 15.1 Å². The molecule has 1 saturated heterocycles. The summed E-state index contributed by atoms with van der Waals surface area (Å²) in [5.74, 6) is 0.159. The molecule has 0 radical (unpaired) electrons. The predicted molar refractivity (Wildman–Crippen MR) is 95.7 cm³/mol. The first kappa shape index (κ1) is 18.1. The van der Waals surface area contributed by atoms with Gasteiger partial charge in [0.25, 0.3) is 5.56 Å². The molecular formula is C17H19N3O5S. The fourth-order valence-electron chi connectivity index (χ4n) is 2.88. The van der Waals surface area contributed by atoms with Crippen LogP contribution < -0.4 is 15.6 Å². The predicted octanol–water partition coefficient (Wildman–Crippen LogP) is 0.222. The largest absolute Gasteiger partial charge is 0.496 e. The van der Waals surface area contributed by atoms with Crippen LogP contribution in [0, 0.1) is 0 Å². The van der Waals surface area contributed by atoms with E-state index in [9.17, 15) is 18.0 Å². The molecule has 0 bridgehead atoms. The average Bonchev–Trinajstić information content (AvgIpc) is 2.95. The Morgan fingerprint density at radius 3 is 2.77 bits per heavy atom. The SMILES string of the molecule is COc1ccccc1-c1ccc(=O)n(CC(=O)N[C@@H]2CCS(=O)(=O)C2)n1. The molecule has 1 aliphatic rings. The van der Waals surface area contributed by atoms with E-state index in [4.69, 9.17) is 4.74 Å². The zero-order valence-electron chi connectivity index (χ0n) is 14.2. The summed E-state index contributed by atoms with van der Waals surface area (Å²) in [7, 11) is -1.55. The second-order valence-electron chi connectivity index (χ2n) is 6.08. The zero-order chi connectivity index (χ0) is 18.7. The molecule has 1 aliphatic heterocycles. The third-order valence-electron chi connectivity index (χ3n) is 4.14. The van der Waals surface area contributed by atoms with E-state index in [1.807, 2.05) is 12.1 Å². The molecule has 1 atom stereocenters. The Kier molecular flexibility index (Phi) is 5.08. The third-order valence-corrected chi connectivity index (χ3v) is 5.91. The van der Waals surface area contributed by atoms with Crippen molar-refractivity contribution in [2.75, 3.05) is 18.6 Å². The Bertz CT molecular complexity index is 984. The van der Waals surface area contributed by atoms with Crippen molar-refractivity contribution in [2.45, 2.75) is 19.0 Å².